The molecule has 132 valence electrons. The second kappa shape index (κ2) is 6.02. The normalized spacial score (nSPS) is 25.9. The van der Waals surface area contributed by atoms with Crippen LogP contribution in [0.4, 0.5) is 0 Å². The molecule has 2 fully saturated rings. The molecule has 2 aromatic heterocycles. The summed E-state index contributed by atoms with van der Waals surface area (Å²) >= 11 is 0. The second-order valence-electron chi connectivity index (χ2n) is 6.87. The highest BCUT2D eigenvalue weighted by atomic mass is 16.4. The minimum atomic E-state index is -0.968. The van der Waals surface area contributed by atoms with Crippen LogP contribution in [-0.2, 0) is 16.1 Å². The third-order valence-corrected chi connectivity index (χ3v) is 5.43. The number of carbonyl (C=O) groups is 2. The maximum absolute atomic E-state index is 12.9. The van der Waals surface area contributed by atoms with E-state index in [1.54, 1.807) is 24.4 Å². The number of fused-ring (bicyclic) bond motifs is 2. The molecule has 1 aliphatic carbocycles. The Morgan fingerprint density at radius 1 is 1.24 bits per heavy atom. The first-order chi connectivity index (χ1) is 12.1. The number of aromatic nitrogens is 3. The first kappa shape index (κ1) is 15.9. The molecule has 4 rings (SSSR count). The summed E-state index contributed by atoms with van der Waals surface area (Å²) in [5, 5.41) is 13.7. The number of likely N-dealkylation sites (tertiary alicyclic amines) is 1. The van der Waals surface area contributed by atoms with Gasteiger partial charge in [-0.15, -0.1) is 5.10 Å². The van der Waals surface area contributed by atoms with E-state index in [-0.39, 0.29) is 24.4 Å². The molecule has 2 aliphatic rings. The van der Waals surface area contributed by atoms with Gasteiger partial charge in [0.15, 0.2) is 5.65 Å². The summed E-state index contributed by atoms with van der Waals surface area (Å²) in [6, 6.07) is 4.34. The molecule has 1 amide bonds. The van der Waals surface area contributed by atoms with E-state index in [0.717, 1.165) is 30.4 Å². The molecule has 3 heterocycles. The summed E-state index contributed by atoms with van der Waals surface area (Å²) in [6.07, 6.45) is 5.99. The fourth-order valence-corrected chi connectivity index (χ4v) is 4.32. The minimum absolute atomic E-state index is 0.0323. The smallest absolute Gasteiger partial charge is 0.350 e. The van der Waals surface area contributed by atoms with Gasteiger partial charge in [-0.1, -0.05) is 18.9 Å². The SMILES string of the molecule is O=C(O)[C@@H]1C[C@@H]2CCCC[C@H]2N1C(=O)Cn1nc2ccccn2c1=O. The summed E-state index contributed by atoms with van der Waals surface area (Å²) in [6.45, 7) is -0.229. The molecule has 1 saturated heterocycles. The molecule has 1 saturated carbocycles. The molecule has 25 heavy (non-hydrogen) atoms. The molecule has 0 aromatic carbocycles. The lowest BCUT2D eigenvalue weighted by Gasteiger charge is -2.32. The molecule has 0 unspecified atom stereocenters. The Morgan fingerprint density at radius 2 is 2.04 bits per heavy atom. The number of rotatable bonds is 3. The zero-order valence-corrected chi connectivity index (χ0v) is 13.7. The van der Waals surface area contributed by atoms with Gasteiger partial charge in [0.1, 0.15) is 12.6 Å². The number of amides is 1. The van der Waals surface area contributed by atoms with Crippen LogP contribution < -0.4 is 5.69 Å². The van der Waals surface area contributed by atoms with E-state index >= 15 is 0 Å². The molecule has 1 aliphatic heterocycles. The molecule has 8 heteroatoms. The van der Waals surface area contributed by atoms with Gasteiger partial charge in [-0.2, -0.15) is 0 Å². The number of carboxylic acid groups (broad SMARTS) is 1. The van der Waals surface area contributed by atoms with Crippen molar-refractivity contribution in [1.29, 1.82) is 0 Å². The van der Waals surface area contributed by atoms with Crippen LogP contribution in [0.2, 0.25) is 0 Å². The Kier molecular flexibility index (Phi) is 3.82. The summed E-state index contributed by atoms with van der Waals surface area (Å²) in [5.74, 6) is -1.06. The van der Waals surface area contributed by atoms with Crippen molar-refractivity contribution in [1.82, 2.24) is 19.1 Å². The molecule has 2 aromatic rings. The van der Waals surface area contributed by atoms with Crippen LogP contribution in [0.5, 0.6) is 0 Å². The fourth-order valence-electron chi connectivity index (χ4n) is 4.32. The van der Waals surface area contributed by atoms with Crippen LogP contribution in [0.1, 0.15) is 32.1 Å². The highest BCUT2D eigenvalue weighted by Gasteiger charge is 2.47. The zero-order chi connectivity index (χ0) is 17.6. The van der Waals surface area contributed by atoms with Gasteiger partial charge in [0, 0.05) is 12.2 Å². The van der Waals surface area contributed by atoms with Gasteiger partial charge in [-0.25, -0.2) is 14.3 Å². The minimum Gasteiger partial charge on any atom is -0.480 e. The van der Waals surface area contributed by atoms with E-state index in [0.29, 0.717) is 12.1 Å². The van der Waals surface area contributed by atoms with Crippen LogP contribution in [0, 0.1) is 5.92 Å². The maximum Gasteiger partial charge on any atom is 0.350 e. The van der Waals surface area contributed by atoms with Gasteiger partial charge in [-0.05, 0) is 37.3 Å². The summed E-state index contributed by atoms with van der Waals surface area (Å²) in [7, 11) is 0. The van der Waals surface area contributed by atoms with Crippen LogP contribution in [-0.4, -0.2) is 48.1 Å². The van der Waals surface area contributed by atoms with Crippen molar-refractivity contribution < 1.29 is 14.7 Å². The van der Waals surface area contributed by atoms with Gasteiger partial charge >= 0.3 is 11.7 Å². The van der Waals surface area contributed by atoms with Gasteiger partial charge in [0.25, 0.3) is 0 Å². The van der Waals surface area contributed by atoms with Crippen molar-refractivity contribution in [2.45, 2.75) is 50.7 Å². The van der Waals surface area contributed by atoms with E-state index in [4.69, 9.17) is 0 Å². The predicted octanol–water partition coefficient (Wildman–Crippen LogP) is 0.740. The van der Waals surface area contributed by atoms with Crippen LogP contribution >= 0.6 is 0 Å². The van der Waals surface area contributed by atoms with Crippen molar-refractivity contribution in [2.75, 3.05) is 0 Å². The van der Waals surface area contributed by atoms with Gasteiger partial charge < -0.3 is 10.0 Å². The average Bonchev–Trinajstić information content (AvgIpc) is 3.14. The average molecular weight is 344 g/mol. The first-order valence-electron chi connectivity index (χ1n) is 8.64. The van der Waals surface area contributed by atoms with Crippen molar-refractivity contribution >= 4 is 17.5 Å². The van der Waals surface area contributed by atoms with E-state index < -0.39 is 17.7 Å². The molecule has 0 radical (unpaired) electrons. The number of hydrogen-bond donors (Lipinski definition) is 1. The number of carbonyl (C=O) groups excluding carboxylic acids is 1. The summed E-state index contributed by atoms with van der Waals surface area (Å²) in [4.78, 5) is 38.4. The lowest BCUT2D eigenvalue weighted by atomic mass is 9.85. The predicted molar refractivity (Wildman–Crippen MR) is 88.1 cm³/mol. The lowest BCUT2D eigenvalue weighted by Crippen LogP contribution is -2.48. The van der Waals surface area contributed by atoms with Crippen LogP contribution in [0.3, 0.4) is 0 Å². The van der Waals surface area contributed by atoms with Crippen molar-refractivity contribution in [2.24, 2.45) is 5.92 Å². The number of aliphatic carboxylic acids is 1. The van der Waals surface area contributed by atoms with Gasteiger partial charge in [0.2, 0.25) is 5.91 Å². The number of hydrogen-bond acceptors (Lipinski definition) is 4. The molecule has 0 bridgehead atoms. The standard InChI is InChI=1S/C17H20N4O4/c22-15(10-20-17(25)19-8-4-3-7-14(19)18-20)21-12-6-2-1-5-11(12)9-13(21)16(23)24/h3-4,7-8,11-13H,1-2,5-6,9-10H2,(H,23,24)/t11-,12+,13-/m0/s1. The van der Waals surface area contributed by atoms with Crippen LogP contribution in [0.15, 0.2) is 29.2 Å². The lowest BCUT2D eigenvalue weighted by molar-refractivity contribution is -0.150. The Balaban J connectivity index is 1.63. The zero-order valence-electron chi connectivity index (χ0n) is 13.7. The summed E-state index contributed by atoms with van der Waals surface area (Å²) < 4.78 is 2.49. The van der Waals surface area contributed by atoms with Crippen molar-refractivity contribution in [3.63, 3.8) is 0 Å². The monoisotopic (exact) mass is 344 g/mol. The molecular weight excluding hydrogens is 324 g/mol. The third kappa shape index (κ3) is 2.61. The Morgan fingerprint density at radius 3 is 2.80 bits per heavy atom. The fraction of sp³-hybridized carbons (Fsp3) is 0.529. The van der Waals surface area contributed by atoms with Crippen LogP contribution in [0.25, 0.3) is 5.65 Å². The first-order valence-corrected chi connectivity index (χ1v) is 8.64. The Labute approximate surface area is 143 Å². The Bertz CT molecular complexity index is 886. The van der Waals surface area contributed by atoms with E-state index in [1.807, 2.05) is 0 Å². The second-order valence-corrected chi connectivity index (χ2v) is 6.87. The number of carboxylic acids is 1. The molecule has 1 N–H and O–H groups in total. The highest BCUT2D eigenvalue weighted by Crippen LogP contribution is 2.39. The Hall–Kier alpha value is -2.64. The molecule has 8 nitrogen and oxygen atoms in total. The van der Waals surface area contributed by atoms with E-state index in [9.17, 15) is 19.5 Å². The number of nitrogens with zero attached hydrogens (tertiary/aromatic N) is 4. The maximum atomic E-state index is 12.9. The van der Waals surface area contributed by atoms with Gasteiger partial charge in [0.05, 0.1) is 0 Å². The molecule has 0 spiro atoms. The molecule has 3 atom stereocenters. The summed E-state index contributed by atoms with van der Waals surface area (Å²) in [5.41, 5.74) is 0.0715. The van der Waals surface area contributed by atoms with E-state index in [2.05, 4.69) is 5.10 Å². The third-order valence-electron chi connectivity index (χ3n) is 5.43. The highest BCUT2D eigenvalue weighted by molar-refractivity contribution is 5.84. The van der Waals surface area contributed by atoms with Crippen molar-refractivity contribution in [3.8, 4) is 0 Å². The van der Waals surface area contributed by atoms with Gasteiger partial charge in [-0.3, -0.25) is 9.20 Å². The molecular formula is C17H20N4O4. The topological polar surface area (TPSA) is 96.9 Å². The van der Waals surface area contributed by atoms with Crippen molar-refractivity contribution in [3.05, 3.63) is 34.9 Å². The largest absolute Gasteiger partial charge is 0.480 e. The quantitative estimate of drug-likeness (QED) is 0.886. The number of pyridine rings is 1. The van der Waals surface area contributed by atoms with E-state index in [1.165, 1.54) is 9.30 Å².